The molecule has 0 spiro atoms. The zero-order chi connectivity index (χ0) is 15.6. The SMILES string of the molecule is C[C@@H]1CN(C(=O)/C=C/c2cccc(Cl)c2Cl)C[C@H]1C(=O)O. The maximum Gasteiger partial charge on any atom is 0.308 e. The summed E-state index contributed by atoms with van der Waals surface area (Å²) in [5, 5.41) is 9.88. The summed E-state index contributed by atoms with van der Waals surface area (Å²) in [6.45, 7) is 2.52. The van der Waals surface area contributed by atoms with Crippen molar-refractivity contribution in [3.05, 3.63) is 39.9 Å². The highest BCUT2D eigenvalue weighted by atomic mass is 35.5. The molecule has 1 aromatic carbocycles. The number of carboxylic acid groups (broad SMARTS) is 1. The average Bonchev–Trinajstić information content (AvgIpc) is 2.82. The Bertz CT molecular complexity index is 601. The number of carbonyl (C=O) groups excluding carboxylic acids is 1. The summed E-state index contributed by atoms with van der Waals surface area (Å²) in [5.41, 5.74) is 0.652. The van der Waals surface area contributed by atoms with Gasteiger partial charge in [0.25, 0.3) is 0 Å². The predicted molar refractivity (Wildman–Crippen MR) is 82.4 cm³/mol. The fourth-order valence-electron chi connectivity index (χ4n) is 2.38. The van der Waals surface area contributed by atoms with Crippen LogP contribution in [0.15, 0.2) is 24.3 Å². The summed E-state index contributed by atoms with van der Waals surface area (Å²) >= 11 is 11.9. The Morgan fingerprint density at radius 1 is 1.33 bits per heavy atom. The van der Waals surface area contributed by atoms with Gasteiger partial charge in [0.05, 0.1) is 16.0 Å². The van der Waals surface area contributed by atoms with Gasteiger partial charge in [0.2, 0.25) is 5.91 Å². The number of hydrogen-bond acceptors (Lipinski definition) is 2. The molecule has 4 nitrogen and oxygen atoms in total. The quantitative estimate of drug-likeness (QED) is 0.867. The predicted octanol–water partition coefficient (Wildman–Crippen LogP) is 3.19. The van der Waals surface area contributed by atoms with Gasteiger partial charge in [-0.15, -0.1) is 0 Å². The molecular formula is C15H15Cl2NO3. The number of nitrogens with zero attached hydrogens (tertiary/aromatic N) is 1. The molecule has 2 atom stereocenters. The van der Waals surface area contributed by atoms with Crippen LogP contribution >= 0.6 is 23.2 Å². The Balaban J connectivity index is 2.07. The van der Waals surface area contributed by atoms with Crippen molar-refractivity contribution in [1.82, 2.24) is 4.90 Å². The lowest BCUT2D eigenvalue weighted by Gasteiger charge is -2.13. The fourth-order valence-corrected chi connectivity index (χ4v) is 2.75. The number of carboxylic acids is 1. The zero-order valence-electron chi connectivity index (χ0n) is 11.4. The van der Waals surface area contributed by atoms with Crippen molar-refractivity contribution in [2.75, 3.05) is 13.1 Å². The van der Waals surface area contributed by atoms with Gasteiger partial charge in [-0.1, -0.05) is 42.3 Å². The molecule has 1 heterocycles. The van der Waals surface area contributed by atoms with Gasteiger partial charge in [-0.05, 0) is 23.6 Å². The van der Waals surface area contributed by atoms with Crippen LogP contribution in [0.3, 0.4) is 0 Å². The highest BCUT2D eigenvalue weighted by Crippen LogP contribution is 2.27. The summed E-state index contributed by atoms with van der Waals surface area (Å²) in [5.74, 6) is -1.63. The molecule has 0 bridgehead atoms. The van der Waals surface area contributed by atoms with E-state index in [0.29, 0.717) is 22.2 Å². The molecule has 1 amide bonds. The Morgan fingerprint density at radius 3 is 2.67 bits per heavy atom. The largest absolute Gasteiger partial charge is 0.481 e. The van der Waals surface area contributed by atoms with E-state index in [2.05, 4.69) is 0 Å². The summed E-state index contributed by atoms with van der Waals surface area (Å²) in [7, 11) is 0. The highest BCUT2D eigenvalue weighted by molar-refractivity contribution is 6.42. The number of rotatable bonds is 3. The maximum absolute atomic E-state index is 12.1. The second-order valence-electron chi connectivity index (χ2n) is 5.14. The average molecular weight is 328 g/mol. The van der Waals surface area contributed by atoms with Crippen molar-refractivity contribution in [2.24, 2.45) is 11.8 Å². The summed E-state index contributed by atoms with van der Waals surface area (Å²) in [6.07, 6.45) is 2.99. The van der Waals surface area contributed by atoms with Crippen LogP contribution in [0.5, 0.6) is 0 Å². The molecule has 1 aliphatic rings. The highest BCUT2D eigenvalue weighted by Gasteiger charge is 2.36. The Kier molecular flexibility index (Phi) is 4.91. The fraction of sp³-hybridized carbons (Fsp3) is 0.333. The molecule has 1 fully saturated rings. The van der Waals surface area contributed by atoms with Crippen molar-refractivity contribution in [3.8, 4) is 0 Å². The van der Waals surface area contributed by atoms with E-state index in [1.54, 1.807) is 29.2 Å². The number of amides is 1. The van der Waals surface area contributed by atoms with Gasteiger partial charge < -0.3 is 10.0 Å². The number of benzene rings is 1. The lowest BCUT2D eigenvalue weighted by molar-refractivity contribution is -0.142. The Labute approximate surface area is 133 Å². The molecular weight excluding hydrogens is 313 g/mol. The van der Waals surface area contributed by atoms with E-state index in [0.717, 1.165) is 0 Å². The third-order valence-corrected chi connectivity index (χ3v) is 4.46. The van der Waals surface area contributed by atoms with Crippen molar-refractivity contribution in [3.63, 3.8) is 0 Å². The van der Waals surface area contributed by atoms with E-state index in [-0.39, 0.29) is 18.4 Å². The van der Waals surface area contributed by atoms with Crippen molar-refractivity contribution in [2.45, 2.75) is 6.92 Å². The maximum atomic E-state index is 12.1. The number of halogens is 2. The first-order valence-corrected chi connectivity index (χ1v) is 7.29. The molecule has 1 aliphatic heterocycles. The molecule has 0 unspecified atom stereocenters. The summed E-state index contributed by atoms with van der Waals surface area (Å²) < 4.78 is 0. The van der Waals surface area contributed by atoms with Crippen LogP contribution in [-0.2, 0) is 9.59 Å². The molecule has 0 radical (unpaired) electrons. The first-order chi connectivity index (χ1) is 9.90. The molecule has 6 heteroatoms. The van der Waals surface area contributed by atoms with Crippen molar-refractivity contribution in [1.29, 1.82) is 0 Å². The zero-order valence-corrected chi connectivity index (χ0v) is 12.9. The van der Waals surface area contributed by atoms with Gasteiger partial charge in [-0.25, -0.2) is 0 Å². The molecule has 112 valence electrons. The number of hydrogen-bond donors (Lipinski definition) is 1. The van der Waals surface area contributed by atoms with Gasteiger partial charge in [0.1, 0.15) is 0 Å². The van der Waals surface area contributed by atoms with Gasteiger partial charge in [0.15, 0.2) is 0 Å². The standard InChI is InChI=1S/C15H15Cl2NO3/c1-9-7-18(8-11(9)15(20)21)13(19)6-5-10-3-2-4-12(16)14(10)17/h2-6,9,11H,7-8H2,1H3,(H,20,21)/b6-5+/t9-,11-/m1/s1. The van der Waals surface area contributed by atoms with Gasteiger partial charge in [-0.3, -0.25) is 9.59 Å². The van der Waals surface area contributed by atoms with E-state index in [4.69, 9.17) is 28.3 Å². The van der Waals surface area contributed by atoms with E-state index in [1.807, 2.05) is 6.92 Å². The first-order valence-electron chi connectivity index (χ1n) is 6.54. The molecule has 0 saturated carbocycles. The second kappa shape index (κ2) is 6.50. The van der Waals surface area contributed by atoms with E-state index < -0.39 is 11.9 Å². The Hall–Kier alpha value is -1.52. The Morgan fingerprint density at radius 2 is 2.05 bits per heavy atom. The van der Waals surface area contributed by atoms with Crippen molar-refractivity contribution >= 4 is 41.2 Å². The molecule has 0 aliphatic carbocycles. The van der Waals surface area contributed by atoms with Crippen LogP contribution in [-0.4, -0.2) is 35.0 Å². The topological polar surface area (TPSA) is 57.6 Å². The van der Waals surface area contributed by atoms with E-state index >= 15 is 0 Å². The van der Waals surface area contributed by atoms with Crippen LogP contribution in [0.4, 0.5) is 0 Å². The molecule has 1 saturated heterocycles. The van der Waals surface area contributed by atoms with Crippen LogP contribution in [0.25, 0.3) is 6.08 Å². The van der Waals surface area contributed by atoms with Crippen LogP contribution in [0.1, 0.15) is 12.5 Å². The van der Waals surface area contributed by atoms with Gasteiger partial charge in [0, 0.05) is 19.2 Å². The third kappa shape index (κ3) is 3.57. The minimum atomic E-state index is -0.861. The third-order valence-electron chi connectivity index (χ3n) is 3.63. The first kappa shape index (κ1) is 15.9. The van der Waals surface area contributed by atoms with E-state index in [9.17, 15) is 9.59 Å². The number of carbonyl (C=O) groups is 2. The second-order valence-corrected chi connectivity index (χ2v) is 5.93. The van der Waals surface area contributed by atoms with Gasteiger partial charge in [-0.2, -0.15) is 0 Å². The van der Waals surface area contributed by atoms with Crippen LogP contribution in [0.2, 0.25) is 10.0 Å². The minimum Gasteiger partial charge on any atom is -0.481 e. The smallest absolute Gasteiger partial charge is 0.308 e. The summed E-state index contributed by atoms with van der Waals surface area (Å²) in [4.78, 5) is 24.7. The summed E-state index contributed by atoms with van der Waals surface area (Å²) in [6, 6.07) is 5.17. The van der Waals surface area contributed by atoms with Crippen molar-refractivity contribution < 1.29 is 14.7 Å². The van der Waals surface area contributed by atoms with E-state index in [1.165, 1.54) is 6.08 Å². The monoisotopic (exact) mass is 327 g/mol. The molecule has 1 aromatic rings. The molecule has 21 heavy (non-hydrogen) atoms. The number of aliphatic carboxylic acids is 1. The number of likely N-dealkylation sites (tertiary alicyclic amines) is 1. The van der Waals surface area contributed by atoms with Gasteiger partial charge >= 0.3 is 5.97 Å². The lowest BCUT2D eigenvalue weighted by atomic mass is 9.99. The normalized spacial score (nSPS) is 22.0. The molecule has 1 N–H and O–H groups in total. The lowest BCUT2D eigenvalue weighted by Crippen LogP contribution is -2.28. The van der Waals surface area contributed by atoms with Crippen LogP contribution in [0, 0.1) is 11.8 Å². The molecule has 0 aromatic heterocycles. The molecule has 2 rings (SSSR count). The van der Waals surface area contributed by atoms with Crippen LogP contribution < -0.4 is 0 Å². The minimum absolute atomic E-state index is 0.0467.